The van der Waals surface area contributed by atoms with Gasteiger partial charge in [-0.15, -0.1) is 0 Å². The summed E-state index contributed by atoms with van der Waals surface area (Å²) in [5.74, 6) is 0. The largest absolute Gasteiger partial charge is 0.311 e. The van der Waals surface area contributed by atoms with Crippen molar-refractivity contribution in [1.29, 1.82) is 0 Å². The first-order chi connectivity index (χ1) is 8.22. The molecule has 1 aliphatic heterocycles. The summed E-state index contributed by atoms with van der Waals surface area (Å²) >= 11 is 0. The van der Waals surface area contributed by atoms with Crippen molar-refractivity contribution in [3.8, 4) is 0 Å². The Hall–Kier alpha value is -1.19. The van der Waals surface area contributed by atoms with Gasteiger partial charge in [-0.1, -0.05) is 36.8 Å². The summed E-state index contributed by atoms with van der Waals surface area (Å²) in [6, 6.07) is 10.0. The number of benzene rings is 1. The van der Waals surface area contributed by atoms with Crippen molar-refractivity contribution in [1.82, 2.24) is 5.06 Å². The first-order valence-electron chi connectivity index (χ1n) is 6.32. The summed E-state index contributed by atoms with van der Waals surface area (Å²) in [5, 5.41) is 11.9. The van der Waals surface area contributed by atoms with Crippen LogP contribution in [0.4, 0.5) is 0 Å². The number of hydrogen-bond donors (Lipinski definition) is 1. The second-order valence-electron chi connectivity index (χ2n) is 5.19. The zero-order valence-corrected chi connectivity index (χ0v) is 10.1. The van der Waals surface area contributed by atoms with Crippen LogP contribution in [0.1, 0.15) is 44.3 Å². The van der Waals surface area contributed by atoms with E-state index in [9.17, 15) is 5.21 Å². The Morgan fingerprint density at radius 2 is 2.06 bits per heavy atom. The molecule has 1 aliphatic carbocycles. The van der Waals surface area contributed by atoms with E-state index in [0.717, 1.165) is 18.4 Å². The van der Waals surface area contributed by atoms with Crippen molar-refractivity contribution >= 4 is 5.71 Å². The summed E-state index contributed by atoms with van der Waals surface area (Å²) in [6.07, 6.45) is 4.19. The Kier molecular flexibility index (Phi) is 2.53. The van der Waals surface area contributed by atoms with Gasteiger partial charge in [-0.3, -0.25) is 4.99 Å². The van der Waals surface area contributed by atoms with Gasteiger partial charge in [-0.05, 0) is 31.7 Å². The molecule has 1 heterocycles. The SMILES string of the molecule is C[C@]12CCCCC1=N[C@H](c1ccccc1)N2O. The van der Waals surface area contributed by atoms with Crippen LogP contribution in [0.25, 0.3) is 0 Å². The third-order valence-corrected chi connectivity index (χ3v) is 4.06. The fourth-order valence-electron chi connectivity index (χ4n) is 2.94. The average Bonchev–Trinajstić information content (AvgIpc) is 2.64. The average molecular weight is 230 g/mol. The van der Waals surface area contributed by atoms with E-state index in [-0.39, 0.29) is 11.7 Å². The quantitative estimate of drug-likeness (QED) is 0.804. The van der Waals surface area contributed by atoms with Crippen LogP contribution in [-0.2, 0) is 0 Å². The highest BCUT2D eigenvalue weighted by atomic mass is 16.5. The highest BCUT2D eigenvalue weighted by Gasteiger charge is 2.47. The first kappa shape index (κ1) is 10.9. The van der Waals surface area contributed by atoms with E-state index in [0.29, 0.717) is 0 Å². The molecule has 2 aliphatic rings. The maximum absolute atomic E-state index is 10.4. The summed E-state index contributed by atoms with van der Waals surface area (Å²) in [4.78, 5) is 4.73. The van der Waals surface area contributed by atoms with Gasteiger partial charge in [0.05, 0.1) is 5.54 Å². The molecule has 1 N–H and O–H groups in total. The standard InChI is InChI=1S/C14H18N2O/c1-14-10-6-5-9-12(14)15-13(16(14)17)11-7-3-2-4-8-11/h2-4,7-8,13,17H,5-6,9-10H2,1H3/t13-,14-/m0/s1. The minimum atomic E-state index is -0.237. The van der Waals surface area contributed by atoms with Gasteiger partial charge in [0.2, 0.25) is 0 Å². The van der Waals surface area contributed by atoms with Gasteiger partial charge in [0.1, 0.15) is 0 Å². The van der Waals surface area contributed by atoms with Crippen LogP contribution < -0.4 is 0 Å². The van der Waals surface area contributed by atoms with Crippen LogP contribution in [0.5, 0.6) is 0 Å². The molecule has 1 aromatic rings. The van der Waals surface area contributed by atoms with Crippen molar-refractivity contribution in [2.45, 2.75) is 44.3 Å². The zero-order chi connectivity index (χ0) is 11.9. The lowest BCUT2D eigenvalue weighted by molar-refractivity contribution is -0.168. The van der Waals surface area contributed by atoms with Crippen LogP contribution in [0, 0.1) is 0 Å². The third kappa shape index (κ3) is 1.61. The topological polar surface area (TPSA) is 35.8 Å². The van der Waals surface area contributed by atoms with Gasteiger partial charge >= 0.3 is 0 Å². The lowest BCUT2D eigenvalue weighted by Crippen LogP contribution is -2.48. The highest BCUT2D eigenvalue weighted by molar-refractivity contribution is 5.95. The van der Waals surface area contributed by atoms with Crippen LogP contribution in [0.15, 0.2) is 35.3 Å². The number of hydroxylamine groups is 2. The maximum atomic E-state index is 10.4. The Bertz CT molecular complexity index is 443. The number of fused-ring (bicyclic) bond motifs is 1. The minimum Gasteiger partial charge on any atom is -0.311 e. The number of nitrogens with zero attached hydrogens (tertiary/aromatic N) is 2. The van der Waals surface area contributed by atoms with E-state index in [2.05, 4.69) is 6.92 Å². The molecule has 3 heteroatoms. The van der Waals surface area contributed by atoms with Crippen molar-refractivity contribution in [2.75, 3.05) is 0 Å². The molecule has 0 saturated heterocycles. The molecule has 0 amide bonds. The molecule has 3 nitrogen and oxygen atoms in total. The zero-order valence-electron chi connectivity index (χ0n) is 10.1. The summed E-state index contributed by atoms with van der Waals surface area (Å²) in [5.41, 5.74) is 2.00. The van der Waals surface area contributed by atoms with E-state index in [4.69, 9.17) is 4.99 Å². The van der Waals surface area contributed by atoms with Gasteiger partial charge in [-0.25, -0.2) is 0 Å². The lowest BCUT2D eigenvalue weighted by Gasteiger charge is -2.36. The summed E-state index contributed by atoms with van der Waals surface area (Å²) in [7, 11) is 0. The van der Waals surface area contributed by atoms with Crippen molar-refractivity contribution in [3.63, 3.8) is 0 Å². The van der Waals surface area contributed by atoms with Gasteiger partial charge in [0, 0.05) is 5.71 Å². The number of rotatable bonds is 1. The second kappa shape index (κ2) is 3.93. The Balaban J connectivity index is 1.97. The predicted molar refractivity (Wildman–Crippen MR) is 67.1 cm³/mol. The molecule has 0 unspecified atom stereocenters. The van der Waals surface area contributed by atoms with E-state index in [1.54, 1.807) is 0 Å². The molecule has 1 fully saturated rings. The third-order valence-electron chi connectivity index (χ3n) is 4.06. The predicted octanol–water partition coefficient (Wildman–Crippen LogP) is 3.16. The summed E-state index contributed by atoms with van der Waals surface area (Å²) < 4.78 is 0. The van der Waals surface area contributed by atoms with E-state index >= 15 is 0 Å². The van der Waals surface area contributed by atoms with Gasteiger partial charge in [-0.2, -0.15) is 5.06 Å². The Morgan fingerprint density at radius 1 is 1.29 bits per heavy atom. The van der Waals surface area contributed by atoms with Crippen molar-refractivity contribution in [3.05, 3.63) is 35.9 Å². The normalized spacial score (nSPS) is 33.3. The monoisotopic (exact) mass is 230 g/mol. The fourth-order valence-corrected chi connectivity index (χ4v) is 2.94. The van der Waals surface area contributed by atoms with E-state index in [1.165, 1.54) is 23.6 Å². The molecular weight excluding hydrogens is 212 g/mol. The molecule has 90 valence electrons. The molecule has 1 saturated carbocycles. The molecule has 2 atom stereocenters. The van der Waals surface area contributed by atoms with Crippen LogP contribution in [0.3, 0.4) is 0 Å². The van der Waals surface area contributed by atoms with Crippen molar-refractivity contribution < 1.29 is 5.21 Å². The second-order valence-corrected chi connectivity index (χ2v) is 5.19. The number of aliphatic imine (C=N–C) groups is 1. The molecule has 3 rings (SSSR count). The molecular formula is C14H18N2O. The maximum Gasteiger partial charge on any atom is 0.151 e. The molecule has 0 aromatic heterocycles. The van der Waals surface area contributed by atoms with Crippen molar-refractivity contribution in [2.24, 2.45) is 4.99 Å². The molecule has 0 spiro atoms. The Morgan fingerprint density at radius 3 is 2.76 bits per heavy atom. The van der Waals surface area contributed by atoms with E-state index in [1.807, 2.05) is 30.3 Å². The highest BCUT2D eigenvalue weighted by Crippen LogP contribution is 2.42. The smallest absolute Gasteiger partial charge is 0.151 e. The van der Waals surface area contributed by atoms with Gasteiger partial charge in [0.15, 0.2) is 6.17 Å². The lowest BCUT2D eigenvalue weighted by atomic mass is 9.82. The van der Waals surface area contributed by atoms with Gasteiger partial charge < -0.3 is 5.21 Å². The van der Waals surface area contributed by atoms with Crippen LogP contribution >= 0.6 is 0 Å². The minimum absolute atomic E-state index is 0.214. The molecule has 1 aromatic carbocycles. The molecule has 17 heavy (non-hydrogen) atoms. The summed E-state index contributed by atoms with van der Waals surface area (Å²) in [6.45, 7) is 2.11. The van der Waals surface area contributed by atoms with Gasteiger partial charge in [0.25, 0.3) is 0 Å². The Labute approximate surface area is 102 Å². The van der Waals surface area contributed by atoms with Crippen LogP contribution in [-0.4, -0.2) is 21.5 Å². The molecule has 0 bridgehead atoms. The number of hydrogen-bond acceptors (Lipinski definition) is 3. The van der Waals surface area contributed by atoms with E-state index < -0.39 is 0 Å². The molecule has 0 radical (unpaired) electrons. The first-order valence-corrected chi connectivity index (χ1v) is 6.32. The van der Waals surface area contributed by atoms with Crippen LogP contribution in [0.2, 0.25) is 0 Å². The fraction of sp³-hybridized carbons (Fsp3) is 0.500.